The van der Waals surface area contributed by atoms with Gasteiger partial charge >= 0.3 is 0 Å². The molecular weight excluding hydrogens is 242 g/mol. The molecule has 0 aliphatic rings. The first-order valence-corrected chi connectivity index (χ1v) is 6.25. The van der Waals surface area contributed by atoms with Crippen LogP contribution in [0.3, 0.4) is 0 Å². The Morgan fingerprint density at radius 3 is 2.68 bits per heavy atom. The highest BCUT2D eigenvalue weighted by Gasteiger charge is 2.16. The number of hydrogen-bond donors (Lipinski definition) is 2. The minimum atomic E-state index is -0.149. The molecule has 0 unspecified atom stereocenters. The summed E-state index contributed by atoms with van der Waals surface area (Å²) in [5, 5.41) is 6.09. The summed E-state index contributed by atoms with van der Waals surface area (Å²) in [6, 6.07) is 5.32. The Hall–Kier alpha value is -2.04. The van der Waals surface area contributed by atoms with Crippen molar-refractivity contribution in [1.82, 2.24) is 9.78 Å². The first-order chi connectivity index (χ1) is 8.76. The third kappa shape index (κ3) is 3.05. The minimum absolute atomic E-state index is 0.0424. The lowest BCUT2D eigenvalue weighted by atomic mass is 9.92. The molecule has 0 bridgehead atoms. The van der Waals surface area contributed by atoms with Crippen molar-refractivity contribution in [2.75, 3.05) is 5.32 Å². The molecule has 2 aromatic rings. The summed E-state index contributed by atoms with van der Waals surface area (Å²) in [5.41, 5.74) is 1.26. The normalized spacial score (nSPS) is 11.8. The summed E-state index contributed by atoms with van der Waals surface area (Å²) >= 11 is 0. The van der Waals surface area contributed by atoms with Gasteiger partial charge in [-0.2, -0.15) is 0 Å². The third-order valence-electron chi connectivity index (χ3n) is 2.85. The van der Waals surface area contributed by atoms with E-state index in [1.807, 2.05) is 26.8 Å². The summed E-state index contributed by atoms with van der Waals surface area (Å²) in [5.74, 6) is -0.0424. The average Bonchev–Trinajstić information content (AvgIpc) is 2.51. The van der Waals surface area contributed by atoms with Crippen LogP contribution in [0.25, 0.3) is 10.9 Å². The van der Waals surface area contributed by atoms with Crippen molar-refractivity contribution in [2.45, 2.75) is 27.2 Å². The molecule has 0 radical (unpaired) electrons. The maximum Gasteiger partial charge on any atom is 0.272 e. The Morgan fingerprint density at radius 2 is 2.05 bits per heavy atom. The van der Waals surface area contributed by atoms with Gasteiger partial charge in [-0.1, -0.05) is 20.8 Å². The molecule has 5 heteroatoms. The van der Waals surface area contributed by atoms with Crippen LogP contribution in [0.2, 0.25) is 0 Å². The van der Waals surface area contributed by atoms with Crippen molar-refractivity contribution >= 4 is 22.5 Å². The zero-order chi connectivity index (χ0) is 14.2. The maximum atomic E-state index is 11.9. The van der Waals surface area contributed by atoms with Gasteiger partial charge in [-0.25, -0.2) is 0 Å². The van der Waals surface area contributed by atoms with Crippen LogP contribution < -0.4 is 10.9 Å². The van der Waals surface area contributed by atoms with Gasteiger partial charge in [0, 0.05) is 19.2 Å². The molecule has 1 heterocycles. The van der Waals surface area contributed by atoms with E-state index >= 15 is 0 Å². The van der Waals surface area contributed by atoms with Crippen LogP contribution in [-0.2, 0) is 11.8 Å². The van der Waals surface area contributed by atoms with Crippen LogP contribution in [0.15, 0.2) is 23.0 Å². The predicted octanol–water partition coefficient (Wildman–Crippen LogP) is 2.24. The third-order valence-corrected chi connectivity index (χ3v) is 2.85. The number of hydrogen-bond acceptors (Lipinski definition) is 2. The zero-order valence-electron chi connectivity index (χ0n) is 11.7. The van der Waals surface area contributed by atoms with Crippen molar-refractivity contribution in [3.05, 3.63) is 28.6 Å². The molecule has 1 aromatic carbocycles. The number of benzene rings is 1. The van der Waals surface area contributed by atoms with Gasteiger partial charge in [0.2, 0.25) is 5.91 Å². The van der Waals surface area contributed by atoms with Crippen LogP contribution in [0.5, 0.6) is 0 Å². The quantitative estimate of drug-likeness (QED) is 0.870. The number of aryl methyl sites for hydroxylation is 1. The summed E-state index contributed by atoms with van der Waals surface area (Å²) in [7, 11) is 1.78. The molecule has 0 aliphatic heterocycles. The van der Waals surface area contributed by atoms with E-state index in [0.717, 1.165) is 5.52 Å². The Kier molecular flexibility index (Phi) is 3.22. The molecular formula is C14H19N3O2. The maximum absolute atomic E-state index is 11.9. The molecule has 0 fully saturated rings. The summed E-state index contributed by atoms with van der Waals surface area (Å²) in [6.45, 7) is 6.03. The SMILES string of the molecule is Cn1[nH]c(=O)c2cc(NC(=O)CC(C)(C)C)ccc21. The number of nitrogens with one attached hydrogen (secondary N) is 2. The molecule has 2 rings (SSSR count). The van der Waals surface area contributed by atoms with Gasteiger partial charge in [0.15, 0.2) is 0 Å². The van der Waals surface area contributed by atoms with Crippen LogP contribution in [0.4, 0.5) is 5.69 Å². The van der Waals surface area contributed by atoms with E-state index in [4.69, 9.17) is 0 Å². The van der Waals surface area contributed by atoms with Crippen molar-refractivity contribution < 1.29 is 4.79 Å². The number of aromatic amines is 1. The van der Waals surface area contributed by atoms with Gasteiger partial charge in [0.25, 0.3) is 5.56 Å². The van der Waals surface area contributed by atoms with E-state index in [1.54, 1.807) is 23.9 Å². The fraction of sp³-hybridized carbons (Fsp3) is 0.429. The van der Waals surface area contributed by atoms with Crippen molar-refractivity contribution in [3.63, 3.8) is 0 Å². The monoisotopic (exact) mass is 261 g/mol. The van der Waals surface area contributed by atoms with E-state index in [2.05, 4.69) is 10.4 Å². The largest absolute Gasteiger partial charge is 0.326 e. The van der Waals surface area contributed by atoms with E-state index < -0.39 is 0 Å². The van der Waals surface area contributed by atoms with Gasteiger partial charge in [0.05, 0.1) is 10.9 Å². The lowest BCUT2D eigenvalue weighted by Gasteiger charge is -2.17. The molecule has 5 nitrogen and oxygen atoms in total. The second-order valence-corrected chi connectivity index (χ2v) is 6.02. The lowest BCUT2D eigenvalue weighted by molar-refractivity contribution is -0.117. The number of fused-ring (bicyclic) bond motifs is 1. The second-order valence-electron chi connectivity index (χ2n) is 6.02. The predicted molar refractivity (Wildman–Crippen MR) is 76.2 cm³/mol. The average molecular weight is 261 g/mol. The highest BCUT2D eigenvalue weighted by Crippen LogP contribution is 2.20. The van der Waals surface area contributed by atoms with Crippen molar-refractivity contribution in [3.8, 4) is 0 Å². The fourth-order valence-corrected chi connectivity index (χ4v) is 2.05. The number of rotatable bonds is 2. The minimum Gasteiger partial charge on any atom is -0.326 e. The topological polar surface area (TPSA) is 66.9 Å². The number of aromatic nitrogens is 2. The van der Waals surface area contributed by atoms with Crippen molar-refractivity contribution in [2.24, 2.45) is 12.5 Å². The molecule has 0 saturated heterocycles. The van der Waals surface area contributed by atoms with Crippen LogP contribution in [-0.4, -0.2) is 15.7 Å². The second kappa shape index (κ2) is 4.57. The fourth-order valence-electron chi connectivity index (χ4n) is 2.05. The van der Waals surface area contributed by atoms with Gasteiger partial charge in [-0.3, -0.25) is 19.4 Å². The Labute approximate surface area is 111 Å². The summed E-state index contributed by atoms with van der Waals surface area (Å²) < 4.78 is 1.67. The molecule has 2 N–H and O–H groups in total. The Balaban J connectivity index is 2.25. The molecule has 1 amide bonds. The number of carbonyl (C=O) groups is 1. The molecule has 0 spiro atoms. The Bertz CT molecular complexity index is 674. The Morgan fingerprint density at radius 1 is 1.37 bits per heavy atom. The van der Waals surface area contributed by atoms with Crippen LogP contribution in [0.1, 0.15) is 27.2 Å². The van der Waals surface area contributed by atoms with Gasteiger partial charge in [0.1, 0.15) is 0 Å². The smallest absolute Gasteiger partial charge is 0.272 e. The van der Waals surface area contributed by atoms with Crippen LogP contribution in [0, 0.1) is 5.41 Å². The highest BCUT2D eigenvalue weighted by molar-refractivity contribution is 5.93. The summed E-state index contributed by atoms with van der Waals surface area (Å²) in [4.78, 5) is 23.5. The van der Waals surface area contributed by atoms with Gasteiger partial charge in [-0.15, -0.1) is 0 Å². The van der Waals surface area contributed by atoms with E-state index in [-0.39, 0.29) is 16.9 Å². The highest BCUT2D eigenvalue weighted by atomic mass is 16.1. The zero-order valence-corrected chi connectivity index (χ0v) is 11.7. The molecule has 102 valence electrons. The number of nitrogens with zero attached hydrogens (tertiary/aromatic N) is 1. The first kappa shape index (κ1) is 13.4. The number of anilines is 1. The number of H-pyrrole nitrogens is 1. The lowest BCUT2D eigenvalue weighted by Crippen LogP contribution is -2.19. The van der Waals surface area contributed by atoms with E-state index in [1.165, 1.54) is 0 Å². The molecule has 0 atom stereocenters. The van der Waals surface area contributed by atoms with E-state index in [9.17, 15) is 9.59 Å². The number of carbonyl (C=O) groups excluding carboxylic acids is 1. The molecule has 0 aliphatic carbocycles. The van der Waals surface area contributed by atoms with Crippen molar-refractivity contribution in [1.29, 1.82) is 0 Å². The molecule has 1 aromatic heterocycles. The van der Waals surface area contributed by atoms with Crippen LogP contribution >= 0.6 is 0 Å². The number of amides is 1. The molecule has 19 heavy (non-hydrogen) atoms. The van der Waals surface area contributed by atoms with Gasteiger partial charge < -0.3 is 5.32 Å². The van der Waals surface area contributed by atoms with E-state index in [0.29, 0.717) is 17.5 Å². The standard InChI is InChI=1S/C14H19N3O2/c1-14(2,3)8-12(18)15-9-5-6-11-10(7-9)13(19)16-17(11)4/h5-7H,8H2,1-4H3,(H,15,18)(H,16,19). The first-order valence-electron chi connectivity index (χ1n) is 6.25. The van der Waals surface area contributed by atoms with Gasteiger partial charge in [-0.05, 0) is 23.6 Å². The summed E-state index contributed by atoms with van der Waals surface area (Å²) in [6.07, 6.45) is 0.441. The molecule has 0 saturated carbocycles.